The first-order valence-electron chi connectivity index (χ1n) is 10.3. The maximum atomic E-state index is 12.3. The highest BCUT2D eigenvalue weighted by Gasteiger charge is 2.13. The average Bonchev–Trinajstić information content (AvgIpc) is 3.17. The van der Waals surface area contributed by atoms with E-state index in [9.17, 15) is 4.79 Å². The van der Waals surface area contributed by atoms with Crippen LogP contribution in [0.15, 0.2) is 48.5 Å². The highest BCUT2D eigenvalue weighted by atomic mass is 32.1. The van der Waals surface area contributed by atoms with Crippen molar-refractivity contribution in [1.29, 1.82) is 0 Å². The zero-order valence-electron chi connectivity index (χ0n) is 16.6. The Balaban J connectivity index is 1.24. The third-order valence-corrected chi connectivity index (χ3v) is 6.32. The van der Waals surface area contributed by atoms with Gasteiger partial charge in [-0.25, -0.2) is 4.98 Å². The highest BCUT2D eigenvalue weighted by molar-refractivity contribution is 7.18. The lowest BCUT2D eigenvalue weighted by atomic mass is 10.1. The van der Waals surface area contributed by atoms with Crippen molar-refractivity contribution >= 4 is 27.5 Å². The highest BCUT2D eigenvalue weighted by Crippen LogP contribution is 2.22. The third-order valence-electron chi connectivity index (χ3n) is 5.22. The van der Waals surface area contributed by atoms with E-state index < -0.39 is 0 Å². The van der Waals surface area contributed by atoms with E-state index in [1.54, 1.807) is 11.3 Å². The summed E-state index contributed by atoms with van der Waals surface area (Å²) in [6.07, 6.45) is 2.20. The summed E-state index contributed by atoms with van der Waals surface area (Å²) in [7, 11) is 0. The zero-order valence-corrected chi connectivity index (χ0v) is 17.4. The van der Waals surface area contributed by atoms with Crippen molar-refractivity contribution < 1.29 is 9.53 Å². The van der Waals surface area contributed by atoms with Gasteiger partial charge in [0.05, 0.1) is 28.4 Å². The summed E-state index contributed by atoms with van der Waals surface area (Å²) in [5.41, 5.74) is 3.52. The molecule has 1 saturated heterocycles. The normalized spacial score (nSPS) is 14.9. The van der Waals surface area contributed by atoms with Crippen LogP contribution in [0.25, 0.3) is 10.2 Å². The molecule has 0 spiro atoms. The van der Waals surface area contributed by atoms with E-state index in [1.165, 1.54) is 15.8 Å². The molecular weight excluding hydrogens is 382 g/mol. The van der Waals surface area contributed by atoms with Gasteiger partial charge in [0.2, 0.25) is 5.91 Å². The molecule has 6 heteroatoms. The van der Waals surface area contributed by atoms with E-state index in [0.717, 1.165) is 56.2 Å². The van der Waals surface area contributed by atoms with Gasteiger partial charge in [-0.05, 0) is 36.1 Å². The molecule has 1 aromatic heterocycles. The molecule has 1 N–H and O–H groups in total. The van der Waals surface area contributed by atoms with E-state index in [4.69, 9.17) is 4.74 Å². The van der Waals surface area contributed by atoms with Gasteiger partial charge in [-0.15, -0.1) is 11.3 Å². The second-order valence-electron chi connectivity index (χ2n) is 7.36. The number of benzene rings is 2. The van der Waals surface area contributed by atoms with Gasteiger partial charge in [0, 0.05) is 32.6 Å². The number of fused-ring (bicyclic) bond motifs is 1. The number of nitrogens with zero attached hydrogens (tertiary/aromatic N) is 2. The summed E-state index contributed by atoms with van der Waals surface area (Å²) >= 11 is 1.72. The molecule has 4 rings (SSSR count). The Labute approximate surface area is 175 Å². The van der Waals surface area contributed by atoms with Crippen LogP contribution >= 0.6 is 11.3 Å². The van der Waals surface area contributed by atoms with Crippen molar-refractivity contribution in [2.45, 2.75) is 32.4 Å². The first-order valence-corrected chi connectivity index (χ1v) is 11.1. The fraction of sp³-hybridized carbons (Fsp3) is 0.391. The number of carbonyl (C=O) groups is 1. The Kier molecular flexibility index (Phi) is 6.87. The second-order valence-corrected chi connectivity index (χ2v) is 8.48. The smallest absolute Gasteiger partial charge is 0.220 e. The van der Waals surface area contributed by atoms with Crippen molar-refractivity contribution in [3.63, 3.8) is 0 Å². The topological polar surface area (TPSA) is 54.5 Å². The van der Waals surface area contributed by atoms with Crippen molar-refractivity contribution in [3.8, 4) is 0 Å². The number of ether oxygens (including phenoxy) is 1. The molecule has 1 amide bonds. The number of amides is 1. The Hall–Kier alpha value is -2.28. The van der Waals surface area contributed by atoms with Crippen molar-refractivity contribution in [3.05, 3.63) is 64.7 Å². The lowest BCUT2D eigenvalue weighted by molar-refractivity contribution is -0.121. The number of aromatic nitrogens is 1. The Morgan fingerprint density at radius 2 is 1.83 bits per heavy atom. The minimum atomic E-state index is 0.104. The molecule has 0 saturated carbocycles. The Morgan fingerprint density at radius 1 is 1.07 bits per heavy atom. The summed E-state index contributed by atoms with van der Waals surface area (Å²) < 4.78 is 6.64. The molecule has 0 unspecified atom stereocenters. The molecule has 1 aliphatic heterocycles. The van der Waals surface area contributed by atoms with Gasteiger partial charge >= 0.3 is 0 Å². The average molecular weight is 410 g/mol. The van der Waals surface area contributed by atoms with Gasteiger partial charge in [-0.1, -0.05) is 36.4 Å². The number of morpholine rings is 1. The first kappa shape index (κ1) is 20.0. The molecule has 2 aromatic carbocycles. The van der Waals surface area contributed by atoms with Crippen LogP contribution < -0.4 is 5.32 Å². The number of aryl methyl sites for hydroxylation is 1. The SMILES string of the molecule is O=C(CCCc1nc2ccccc2s1)NCc1ccccc1CN1CCOCC1. The molecule has 0 atom stereocenters. The summed E-state index contributed by atoms with van der Waals surface area (Å²) in [5.74, 6) is 0.104. The van der Waals surface area contributed by atoms with Crippen LogP contribution in [0.2, 0.25) is 0 Å². The monoisotopic (exact) mass is 409 g/mol. The predicted molar refractivity (Wildman–Crippen MR) is 117 cm³/mol. The van der Waals surface area contributed by atoms with Crippen LogP contribution in [0.5, 0.6) is 0 Å². The van der Waals surface area contributed by atoms with Gasteiger partial charge in [-0.3, -0.25) is 9.69 Å². The Morgan fingerprint density at radius 3 is 2.66 bits per heavy atom. The number of rotatable bonds is 8. The molecule has 5 nitrogen and oxygen atoms in total. The molecule has 3 aromatic rings. The number of thiazole rings is 1. The van der Waals surface area contributed by atoms with Crippen LogP contribution in [-0.4, -0.2) is 42.1 Å². The van der Waals surface area contributed by atoms with Gasteiger partial charge in [0.15, 0.2) is 0 Å². The van der Waals surface area contributed by atoms with E-state index in [-0.39, 0.29) is 5.91 Å². The summed E-state index contributed by atoms with van der Waals surface area (Å²) in [4.78, 5) is 19.4. The second kappa shape index (κ2) is 9.96. The van der Waals surface area contributed by atoms with Crippen LogP contribution in [-0.2, 0) is 29.0 Å². The molecule has 0 bridgehead atoms. The molecule has 29 heavy (non-hydrogen) atoms. The summed E-state index contributed by atoms with van der Waals surface area (Å²) in [6.45, 7) is 5.02. The standard InChI is InChI=1S/C23H27N3O2S/c27-22(10-5-11-23-25-20-8-3-4-9-21(20)29-23)24-16-18-6-1-2-7-19(18)17-26-12-14-28-15-13-26/h1-4,6-9H,5,10-17H2,(H,24,27). The fourth-order valence-electron chi connectivity index (χ4n) is 3.59. The third kappa shape index (κ3) is 5.63. The molecule has 152 valence electrons. The minimum Gasteiger partial charge on any atom is -0.379 e. The maximum absolute atomic E-state index is 12.3. The largest absolute Gasteiger partial charge is 0.379 e. The number of hydrogen-bond donors (Lipinski definition) is 1. The number of carbonyl (C=O) groups excluding carboxylic acids is 1. The van der Waals surface area contributed by atoms with Crippen molar-refractivity contribution in [2.24, 2.45) is 0 Å². The Bertz CT molecular complexity index is 917. The van der Waals surface area contributed by atoms with E-state index >= 15 is 0 Å². The molecule has 2 heterocycles. The van der Waals surface area contributed by atoms with Crippen molar-refractivity contribution in [1.82, 2.24) is 15.2 Å². The van der Waals surface area contributed by atoms with Crippen molar-refractivity contribution in [2.75, 3.05) is 26.3 Å². The van der Waals surface area contributed by atoms with Gasteiger partial charge in [0.1, 0.15) is 0 Å². The zero-order chi connectivity index (χ0) is 19.9. The predicted octanol–water partition coefficient (Wildman–Crippen LogP) is 3.77. The van der Waals surface area contributed by atoms with Gasteiger partial charge in [0.25, 0.3) is 0 Å². The minimum absolute atomic E-state index is 0.104. The number of nitrogens with one attached hydrogen (secondary N) is 1. The van der Waals surface area contributed by atoms with Crippen LogP contribution in [0, 0.1) is 0 Å². The lowest BCUT2D eigenvalue weighted by Gasteiger charge is -2.27. The van der Waals surface area contributed by atoms with Gasteiger partial charge in [-0.2, -0.15) is 0 Å². The van der Waals surface area contributed by atoms with Gasteiger partial charge < -0.3 is 10.1 Å². The summed E-state index contributed by atoms with van der Waals surface area (Å²) in [5, 5.41) is 4.20. The van der Waals surface area contributed by atoms with E-state index in [2.05, 4.69) is 39.5 Å². The number of hydrogen-bond acceptors (Lipinski definition) is 5. The molecule has 0 aliphatic carbocycles. The van der Waals surface area contributed by atoms with E-state index in [1.807, 2.05) is 24.3 Å². The number of para-hydroxylation sites is 1. The molecule has 1 fully saturated rings. The molecular formula is C23H27N3O2S. The quantitative estimate of drug-likeness (QED) is 0.615. The van der Waals surface area contributed by atoms with Crippen LogP contribution in [0.4, 0.5) is 0 Å². The van der Waals surface area contributed by atoms with Crippen LogP contribution in [0.1, 0.15) is 29.0 Å². The lowest BCUT2D eigenvalue weighted by Crippen LogP contribution is -2.36. The van der Waals surface area contributed by atoms with Crippen LogP contribution in [0.3, 0.4) is 0 Å². The maximum Gasteiger partial charge on any atom is 0.220 e. The fourth-order valence-corrected chi connectivity index (χ4v) is 4.60. The van der Waals surface area contributed by atoms with E-state index in [0.29, 0.717) is 13.0 Å². The molecule has 0 radical (unpaired) electrons. The summed E-state index contributed by atoms with van der Waals surface area (Å²) in [6, 6.07) is 16.6. The first-order chi connectivity index (χ1) is 14.3. The molecule has 1 aliphatic rings.